The zero-order valence-electron chi connectivity index (χ0n) is 15.4. The Morgan fingerprint density at radius 3 is 1.38 bits per heavy atom. The van der Waals surface area contributed by atoms with Gasteiger partial charge in [0, 0.05) is 6.04 Å². The van der Waals surface area contributed by atoms with Crippen molar-refractivity contribution in [3.8, 4) is 11.5 Å². The van der Waals surface area contributed by atoms with E-state index in [-0.39, 0.29) is 27.1 Å². The summed E-state index contributed by atoms with van der Waals surface area (Å²) in [4.78, 5) is 0. The van der Waals surface area contributed by atoms with Crippen LogP contribution in [0.3, 0.4) is 0 Å². The van der Waals surface area contributed by atoms with Crippen molar-refractivity contribution in [1.29, 1.82) is 0 Å². The molecule has 0 saturated heterocycles. The Bertz CT molecular complexity index is 604. The van der Waals surface area contributed by atoms with Gasteiger partial charge in [-0.1, -0.05) is 38.1 Å². The van der Waals surface area contributed by atoms with E-state index in [0.29, 0.717) is 0 Å². The number of nitrogens with two attached hydrogens (primary N) is 2. The molecular weight excluding hydrogens is 460 g/mol. The van der Waals surface area contributed by atoms with Crippen molar-refractivity contribution >= 4 is 19.4 Å². The van der Waals surface area contributed by atoms with E-state index in [1.807, 2.05) is 48.5 Å². The van der Waals surface area contributed by atoms with Gasteiger partial charge in [-0.15, -0.1) is 0 Å². The number of hydrogen-bond acceptors (Lipinski definition) is 4. The van der Waals surface area contributed by atoms with Crippen molar-refractivity contribution in [3.05, 3.63) is 59.7 Å². The third-order valence-corrected chi connectivity index (χ3v) is 4.38. The van der Waals surface area contributed by atoms with Crippen LogP contribution in [0.1, 0.15) is 25.0 Å². The predicted octanol–water partition coefficient (Wildman–Crippen LogP) is 4.27. The summed E-state index contributed by atoms with van der Waals surface area (Å²) in [5, 5.41) is 0. The van der Waals surface area contributed by atoms with Crippen LogP contribution in [-0.4, -0.2) is 20.3 Å². The van der Waals surface area contributed by atoms with Crippen LogP contribution >= 0.6 is 19.4 Å². The molecule has 0 aliphatic heterocycles. The van der Waals surface area contributed by atoms with Crippen LogP contribution < -0.4 is 20.9 Å². The van der Waals surface area contributed by atoms with E-state index in [1.165, 1.54) is 0 Å². The average molecular weight is 486 g/mol. The fourth-order valence-corrected chi connectivity index (χ4v) is 2.81. The summed E-state index contributed by atoms with van der Waals surface area (Å²) in [6.45, 7) is 4.17. The van der Waals surface area contributed by atoms with Crippen molar-refractivity contribution < 1.29 is 24.6 Å². The first-order chi connectivity index (χ1) is 12.3. The predicted molar refractivity (Wildman–Crippen MR) is 105 cm³/mol. The third kappa shape index (κ3) is 5.58. The second-order valence-corrected chi connectivity index (χ2v) is 8.79. The zero-order valence-corrected chi connectivity index (χ0v) is 18.6. The van der Waals surface area contributed by atoms with E-state index in [2.05, 4.69) is 13.8 Å². The topological polar surface area (TPSA) is 70.5 Å². The van der Waals surface area contributed by atoms with Gasteiger partial charge in [0.05, 0.1) is 19.8 Å². The van der Waals surface area contributed by atoms with Gasteiger partial charge in [-0.3, -0.25) is 0 Å². The molecular formula is C19H26Cl2N2O2Ru. The Morgan fingerprint density at radius 1 is 0.846 bits per heavy atom. The second-order valence-electron chi connectivity index (χ2n) is 6.15. The molecule has 0 saturated carbocycles. The van der Waals surface area contributed by atoms with Crippen LogP contribution in [0.15, 0.2) is 48.5 Å². The first-order valence-electron chi connectivity index (χ1n) is 8.03. The maximum absolute atomic E-state index is 6.86. The molecule has 0 fully saturated rings. The maximum atomic E-state index is 6.86. The van der Waals surface area contributed by atoms with E-state index < -0.39 is 5.54 Å². The Hall–Kier alpha value is -0.837. The van der Waals surface area contributed by atoms with Crippen LogP contribution in [0.4, 0.5) is 0 Å². The SMILES string of the molecule is COc1ccc(C(N)(c2ccc(OC)cc2)[C@@H](N)C(C)C)cc1.[Cl][Ru][Cl]. The molecule has 0 aromatic heterocycles. The molecule has 0 heterocycles. The normalized spacial score (nSPS) is 12.3. The summed E-state index contributed by atoms with van der Waals surface area (Å²) < 4.78 is 10.5. The fourth-order valence-electron chi connectivity index (χ4n) is 2.81. The van der Waals surface area contributed by atoms with Crippen LogP contribution in [0.25, 0.3) is 0 Å². The van der Waals surface area contributed by atoms with Gasteiger partial charge in [0.2, 0.25) is 0 Å². The van der Waals surface area contributed by atoms with Crippen molar-refractivity contribution in [2.75, 3.05) is 14.2 Å². The zero-order chi connectivity index (χ0) is 19.7. The standard InChI is InChI=1S/C19H26N2O2.2ClH.Ru/c1-13(2)18(20)19(21,14-5-9-16(22-3)10-6-14)15-7-11-17(23-4)12-8-15;;;/h5-13,18H,20-21H2,1-4H3;2*1H;/q;;;+2/p-2/t18-;;;/m0.../s1. The molecule has 0 amide bonds. The Morgan fingerprint density at radius 2 is 1.15 bits per heavy atom. The summed E-state index contributed by atoms with van der Waals surface area (Å²) in [5.41, 5.74) is 14.5. The van der Waals surface area contributed by atoms with E-state index >= 15 is 0 Å². The van der Waals surface area contributed by atoms with Gasteiger partial charge in [-0.05, 0) is 41.3 Å². The minimum atomic E-state index is -0.785. The van der Waals surface area contributed by atoms with E-state index in [9.17, 15) is 0 Å². The van der Waals surface area contributed by atoms with Gasteiger partial charge in [0.15, 0.2) is 0 Å². The van der Waals surface area contributed by atoms with Gasteiger partial charge >= 0.3 is 34.5 Å². The van der Waals surface area contributed by atoms with Gasteiger partial charge < -0.3 is 20.9 Å². The average Bonchev–Trinajstić information content (AvgIpc) is 2.67. The van der Waals surface area contributed by atoms with Crippen molar-refractivity contribution in [1.82, 2.24) is 0 Å². The van der Waals surface area contributed by atoms with Crippen LogP contribution in [0.2, 0.25) is 0 Å². The van der Waals surface area contributed by atoms with Gasteiger partial charge in [0.25, 0.3) is 0 Å². The molecule has 2 aromatic carbocycles. The van der Waals surface area contributed by atoms with Crippen LogP contribution in [0.5, 0.6) is 11.5 Å². The molecule has 26 heavy (non-hydrogen) atoms. The molecule has 4 N–H and O–H groups in total. The molecule has 7 heteroatoms. The number of halogens is 2. The molecule has 0 aliphatic carbocycles. The molecule has 0 bridgehead atoms. The Kier molecular flexibility index (Phi) is 9.91. The summed E-state index contributed by atoms with van der Waals surface area (Å²) in [6, 6.07) is 15.3. The van der Waals surface area contributed by atoms with Crippen molar-refractivity contribution in [3.63, 3.8) is 0 Å². The summed E-state index contributed by atoms with van der Waals surface area (Å²) in [5.74, 6) is 1.82. The summed E-state index contributed by atoms with van der Waals surface area (Å²) >= 11 is -0.346. The third-order valence-electron chi connectivity index (χ3n) is 4.38. The first kappa shape index (κ1) is 23.2. The minimum absolute atomic E-state index is 0.226. The van der Waals surface area contributed by atoms with Crippen molar-refractivity contribution in [2.45, 2.75) is 25.4 Å². The molecule has 0 aliphatic rings. The first-order valence-corrected chi connectivity index (χ1v) is 12.5. The Labute approximate surface area is 171 Å². The number of ether oxygens (including phenoxy) is 2. The van der Waals surface area contributed by atoms with Crippen LogP contribution in [-0.2, 0) is 20.7 Å². The molecule has 0 radical (unpaired) electrons. The van der Waals surface area contributed by atoms with E-state index in [0.717, 1.165) is 22.6 Å². The quantitative estimate of drug-likeness (QED) is 0.599. The van der Waals surface area contributed by atoms with Crippen LogP contribution in [0, 0.1) is 5.92 Å². The Balaban J connectivity index is 0.00000105. The fraction of sp³-hybridized carbons (Fsp3) is 0.368. The van der Waals surface area contributed by atoms with Gasteiger partial charge in [-0.25, -0.2) is 0 Å². The monoisotopic (exact) mass is 486 g/mol. The van der Waals surface area contributed by atoms with E-state index in [1.54, 1.807) is 14.2 Å². The molecule has 1 atom stereocenters. The summed E-state index contributed by atoms with van der Waals surface area (Å²) in [6.07, 6.45) is 0. The molecule has 4 nitrogen and oxygen atoms in total. The number of hydrogen-bond donors (Lipinski definition) is 2. The van der Waals surface area contributed by atoms with Gasteiger partial charge in [0.1, 0.15) is 11.5 Å². The summed E-state index contributed by atoms with van der Waals surface area (Å²) in [7, 11) is 13.0. The molecule has 2 aromatic rings. The number of benzene rings is 2. The number of methoxy groups -OCH3 is 2. The van der Waals surface area contributed by atoms with Crippen molar-refractivity contribution in [2.24, 2.45) is 17.4 Å². The van der Waals surface area contributed by atoms with Gasteiger partial charge in [-0.2, -0.15) is 0 Å². The van der Waals surface area contributed by atoms with E-state index in [4.69, 9.17) is 40.3 Å². The second kappa shape index (κ2) is 11.1. The molecule has 0 unspecified atom stereocenters. The molecule has 0 spiro atoms. The molecule has 146 valence electrons. The number of rotatable bonds is 6. The molecule has 2 rings (SSSR count).